The summed E-state index contributed by atoms with van der Waals surface area (Å²) in [4.78, 5) is 18.7. The summed E-state index contributed by atoms with van der Waals surface area (Å²) in [6.45, 7) is 6.50. The fourth-order valence-corrected chi connectivity index (χ4v) is 3.69. The molecule has 2 aromatic heterocycles. The summed E-state index contributed by atoms with van der Waals surface area (Å²) in [6, 6.07) is 6.67. The molecule has 0 unspecified atom stereocenters. The predicted octanol–water partition coefficient (Wildman–Crippen LogP) is 4.64. The molecule has 1 amide bonds. The molecule has 0 spiro atoms. The predicted molar refractivity (Wildman–Crippen MR) is 116 cm³/mol. The zero-order chi connectivity index (χ0) is 23.8. The molecule has 1 aliphatic heterocycles. The van der Waals surface area contributed by atoms with Crippen LogP contribution in [0.2, 0.25) is 0 Å². The van der Waals surface area contributed by atoms with E-state index in [0.717, 1.165) is 0 Å². The van der Waals surface area contributed by atoms with Crippen LogP contribution >= 0.6 is 0 Å². The van der Waals surface area contributed by atoms with Crippen LogP contribution in [0.15, 0.2) is 43.1 Å². The molecule has 10 heteroatoms. The van der Waals surface area contributed by atoms with Gasteiger partial charge in [0, 0.05) is 18.2 Å². The van der Waals surface area contributed by atoms with Gasteiger partial charge < -0.3 is 14.4 Å². The first-order valence-electron chi connectivity index (χ1n) is 10.4. The van der Waals surface area contributed by atoms with Crippen LogP contribution in [0.5, 0.6) is 11.5 Å². The van der Waals surface area contributed by atoms with Gasteiger partial charge in [-0.25, -0.2) is 9.67 Å². The number of benzene rings is 1. The number of carbonyl (C=O) groups excluding carboxylic acids is 1. The van der Waals surface area contributed by atoms with Gasteiger partial charge in [-0.3, -0.25) is 4.79 Å². The van der Waals surface area contributed by atoms with Gasteiger partial charge in [0.15, 0.2) is 17.1 Å². The minimum absolute atomic E-state index is 0.0760. The lowest BCUT2D eigenvalue weighted by molar-refractivity contribution is -0.139. The second-order valence-electron chi connectivity index (χ2n) is 7.92. The first kappa shape index (κ1) is 22.6. The third kappa shape index (κ3) is 4.64. The molecule has 3 aromatic rings. The molecule has 0 fully saturated rings. The van der Waals surface area contributed by atoms with Crippen LogP contribution in [-0.4, -0.2) is 58.1 Å². The second-order valence-corrected chi connectivity index (χ2v) is 7.92. The second kappa shape index (κ2) is 8.76. The maximum absolute atomic E-state index is 13.3. The minimum Gasteiger partial charge on any atom is -0.486 e. The van der Waals surface area contributed by atoms with Crippen LogP contribution in [0, 0.1) is 0 Å². The Morgan fingerprint density at radius 3 is 2.64 bits per heavy atom. The highest BCUT2D eigenvalue weighted by Gasteiger charge is 2.34. The number of halogens is 3. The first-order chi connectivity index (χ1) is 15.7. The van der Waals surface area contributed by atoms with Crippen molar-refractivity contribution in [3.05, 3.63) is 48.7 Å². The van der Waals surface area contributed by atoms with Gasteiger partial charge in [0.05, 0.1) is 22.8 Å². The van der Waals surface area contributed by atoms with E-state index in [9.17, 15) is 18.0 Å². The summed E-state index contributed by atoms with van der Waals surface area (Å²) in [6.07, 6.45) is -1.82. The van der Waals surface area contributed by atoms with Crippen LogP contribution in [0.25, 0.3) is 22.3 Å². The van der Waals surface area contributed by atoms with Crippen molar-refractivity contribution in [3.8, 4) is 22.8 Å². The zero-order valence-electron chi connectivity index (χ0n) is 18.2. The van der Waals surface area contributed by atoms with Crippen molar-refractivity contribution in [1.82, 2.24) is 19.7 Å². The van der Waals surface area contributed by atoms with Gasteiger partial charge in [-0.2, -0.15) is 18.3 Å². The topological polar surface area (TPSA) is 69.5 Å². The molecule has 174 valence electrons. The Morgan fingerprint density at radius 1 is 1.24 bits per heavy atom. The van der Waals surface area contributed by atoms with Crippen molar-refractivity contribution >= 4 is 16.9 Å². The summed E-state index contributed by atoms with van der Waals surface area (Å²) in [5.41, 5.74) is 1.54. The largest absolute Gasteiger partial charge is 0.486 e. The number of amides is 1. The Morgan fingerprint density at radius 2 is 1.97 bits per heavy atom. The SMILES string of the molecule is C=CCN(CC(F)(F)F)C(=O)c1cc(-c2ccc3c(c2)OCCO3)nc2c1cnn2C(C)C. The highest BCUT2D eigenvalue weighted by atomic mass is 19.4. The standard InChI is InChI=1S/C23H23F3N4O3/c1-4-7-29(13-23(24,25)26)22(31)16-11-18(28-21-17(16)12-27-30(21)14(2)3)15-5-6-19-20(10-15)33-9-8-32-19/h4-6,10-12,14H,1,7-9,13H2,2-3H3. The Labute approximate surface area is 188 Å². The van der Waals surface area contributed by atoms with Crippen LogP contribution < -0.4 is 9.47 Å². The zero-order valence-corrected chi connectivity index (χ0v) is 18.2. The van der Waals surface area contributed by atoms with E-state index in [1.807, 2.05) is 13.8 Å². The maximum atomic E-state index is 13.3. The Balaban J connectivity index is 1.87. The molecule has 0 aliphatic carbocycles. The van der Waals surface area contributed by atoms with Gasteiger partial charge >= 0.3 is 6.18 Å². The number of hydrogen-bond donors (Lipinski definition) is 0. The Bertz CT molecular complexity index is 1200. The van der Waals surface area contributed by atoms with Gasteiger partial charge in [-0.1, -0.05) is 6.08 Å². The molecule has 7 nitrogen and oxygen atoms in total. The van der Waals surface area contributed by atoms with E-state index in [-0.39, 0.29) is 18.2 Å². The minimum atomic E-state index is -4.55. The molecular formula is C23H23F3N4O3. The number of hydrogen-bond acceptors (Lipinski definition) is 5. The normalized spacial score (nSPS) is 13.4. The first-order valence-corrected chi connectivity index (χ1v) is 10.4. The number of alkyl halides is 3. The molecule has 0 radical (unpaired) electrons. The number of carbonyl (C=O) groups is 1. The molecule has 4 rings (SSSR count). The molecular weight excluding hydrogens is 437 g/mol. The third-order valence-electron chi connectivity index (χ3n) is 5.13. The molecule has 0 saturated heterocycles. The van der Waals surface area contributed by atoms with Crippen molar-refractivity contribution in [2.24, 2.45) is 0 Å². The van der Waals surface area contributed by atoms with Crippen molar-refractivity contribution < 1.29 is 27.4 Å². The van der Waals surface area contributed by atoms with Crippen molar-refractivity contribution in [3.63, 3.8) is 0 Å². The smallest absolute Gasteiger partial charge is 0.406 e. The Kier molecular flexibility index (Phi) is 6.01. The van der Waals surface area contributed by atoms with Gasteiger partial charge in [-0.15, -0.1) is 6.58 Å². The van der Waals surface area contributed by atoms with Crippen LogP contribution in [0.3, 0.4) is 0 Å². The van der Waals surface area contributed by atoms with Gasteiger partial charge in [-0.05, 0) is 38.1 Å². The van der Waals surface area contributed by atoms with E-state index in [1.165, 1.54) is 18.3 Å². The van der Waals surface area contributed by atoms with Gasteiger partial charge in [0.2, 0.25) is 0 Å². The number of pyridine rings is 1. The number of fused-ring (bicyclic) bond motifs is 2. The number of rotatable bonds is 6. The summed E-state index contributed by atoms with van der Waals surface area (Å²) < 4.78 is 52.3. The summed E-state index contributed by atoms with van der Waals surface area (Å²) >= 11 is 0. The lowest BCUT2D eigenvalue weighted by atomic mass is 10.0. The molecule has 0 bridgehead atoms. The number of aromatic nitrogens is 3. The van der Waals surface area contributed by atoms with Crippen LogP contribution in [0.1, 0.15) is 30.2 Å². The highest BCUT2D eigenvalue weighted by Crippen LogP contribution is 2.35. The molecule has 0 saturated carbocycles. The van der Waals surface area contributed by atoms with E-state index in [1.54, 1.807) is 22.9 Å². The summed E-state index contributed by atoms with van der Waals surface area (Å²) in [7, 11) is 0. The van der Waals surface area contributed by atoms with Crippen LogP contribution in [0.4, 0.5) is 13.2 Å². The lowest BCUT2D eigenvalue weighted by Crippen LogP contribution is -2.39. The number of ether oxygens (including phenoxy) is 2. The highest BCUT2D eigenvalue weighted by molar-refractivity contribution is 6.06. The third-order valence-corrected chi connectivity index (χ3v) is 5.13. The van der Waals surface area contributed by atoms with Crippen LogP contribution in [-0.2, 0) is 0 Å². The van der Waals surface area contributed by atoms with Crippen molar-refractivity contribution in [1.29, 1.82) is 0 Å². The van der Waals surface area contributed by atoms with E-state index >= 15 is 0 Å². The van der Waals surface area contributed by atoms with E-state index < -0.39 is 18.6 Å². The fourth-order valence-electron chi connectivity index (χ4n) is 3.69. The average Bonchev–Trinajstić information content (AvgIpc) is 3.21. The van der Waals surface area contributed by atoms with E-state index in [2.05, 4.69) is 16.7 Å². The molecule has 1 aliphatic rings. The average molecular weight is 460 g/mol. The number of nitrogens with zero attached hydrogens (tertiary/aromatic N) is 4. The fraction of sp³-hybridized carbons (Fsp3) is 0.348. The molecule has 0 atom stereocenters. The summed E-state index contributed by atoms with van der Waals surface area (Å²) in [5.74, 6) is 0.356. The monoisotopic (exact) mass is 460 g/mol. The van der Waals surface area contributed by atoms with Crippen molar-refractivity contribution in [2.45, 2.75) is 26.1 Å². The summed E-state index contributed by atoms with van der Waals surface area (Å²) in [5, 5.41) is 4.70. The van der Waals surface area contributed by atoms with E-state index in [4.69, 9.17) is 9.47 Å². The maximum Gasteiger partial charge on any atom is 0.406 e. The lowest BCUT2D eigenvalue weighted by Gasteiger charge is -2.23. The quantitative estimate of drug-likeness (QED) is 0.502. The van der Waals surface area contributed by atoms with Crippen molar-refractivity contribution in [2.75, 3.05) is 26.3 Å². The molecule has 1 aromatic carbocycles. The van der Waals surface area contributed by atoms with E-state index in [0.29, 0.717) is 51.9 Å². The van der Waals surface area contributed by atoms with Gasteiger partial charge in [0.1, 0.15) is 19.8 Å². The molecule has 33 heavy (non-hydrogen) atoms. The molecule has 0 N–H and O–H groups in total. The Hall–Kier alpha value is -3.56. The van der Waals surface area contributed by atoms with Gasteiger partial charge in [0.25, 0.3) is 5.91 Å². The molecule has 3 heterocycles.